The molecule has 100 valence electrons. The van der Waals surface area contributed by atoms with E-state index >= 15 is 0 Å². The van der Waals surface area contributed by atoms with Crippen molar-refractivity contribution in [1.29, 1.82) is 0 Å². The molecule has 18 heavy (non-hydrogen) atoms. The predicted octanol–water partition coefficient (Wildman–Crippen LogP) is 3.38. The van der Waals surface area contributed by atoms with Crippen molar-refractivity contribution in [3.63, 3.8) is 0 Å². The van der Waals surface area contributed by atoms with Gasteiger partial charge in [0.05, 0.1) is 13.2 Å². The van der Waals surface area contributed by atoms with Crippen LogP contribution in [0.5, 0.6) is 0 Å². The largest absolute Gasteiger partial charge is 0.408 e. The molecule has 1 unspecified atom stereocenters. The molecule has 1 aliphatic heterocycles. The average molecular weight is 324 g/mol. The monoisotopic (exact) mass is 323 g/mol. The maximum Gasteiger partial charge on any atom is 0.408 e. The summed E-state index contributed by atoms with van der Waals surface area (Å²) in [5.41, 5.74) is 0.271. The van der Waals surface area contributed by atoms with Gasteiger partial charge in [-0.15, -0.1) is 0 Å². The van der Waals surface area contributed by atoms with Gasteiger partial charge in [0.1, 0.15) is 6.04 Å². The number of morpholine rings is 1. The number of nitrogens with zero attached hydrogens (tertiary/aromatic N) is 1. The minimum atomic E-state index is -4.27. The quantitative estimate of drug-likeness (QED) is 0.827. The van der Waals surface area contributed by atoms with Gasteiger partial charge in [0.15, 0.2) is 0 Å². The van der Waals surface area contributed by atoms with E-state index in [-0.39, 0.29) is 5.56 Å². The van der Waals surface area contributed by atoms with Crippen LogP contribution in [0.25, 0.3) is 0 Å². The lowest BCUT2D eigenvalue weighted by molar-refractivity contribution is -0.194. The van der Waals surface area contributed by atoms with Crippen LogP contribution in [0, 0.1) is 0 Å². The van der Waals surface area contributed by atoms with E-state index in [9.17, 15) is 13.2 Å². The molecule has 0 radical (unpaired) electrons. The highest BCUT2D eigenvalue weighted by molar-refractivity contribution is 9.10. The molecule has 1 aliphatic rings. The third kappa shape index (κ3) is 3.24. The van der Waals surface area contributed by atoms with Crippen molar-refractivity contribution in [1.82, 2.24) is 4.90 Å². The summed E-state index contributed by atoms with van der Waals surface area (Å²) >= 11 is 3.23. The summed E-state index contributed by atoms with van der Waals surface area (Å²) in [4.78, 5) is 1.42. The van der Waals surface area contributed by atoms with Gasteiger partial charge in [-0.2, -0.15) is 13.2 Å². The Morgan fingerprint density at radius 3 is 2.17 bits per heavy atom. The van der Waals surface area contributed by atoms with E-state index in [1.165, 1.54) is 17.0 Å². The summed E-state index contributed by atoms with van der Waals surface area (Å²) in [6, 6.07) is 4.74. The molecule has 0 aliphatic carbocycles. The van der Waals surface area contributed by atoms with Gasteiger partial charge in [-0.3, -0.25) is 4.90 Å². The minimum Gasteiger partial charge on any atom is -0.379 e. The molecular formula is C12H13BrF3NO. The van der Waals surface area contributed by atoms with E-state index in [0.29, 0.717) is 26.3 Å². The maximum absolute atomic E-state index is 13.2. The van der Waals surface area contributed by atoms with E-state index in [0.717, 1.165) is 4.47 Å². The first kappa shape index (κ1) is 13.8. The molecule has 1 atom stereocenters. The molecule has 1 aromatic rings. The summed E-state index contributed by atoms with van der Waals surface area (Å²) in [6.45, 7) is 1.31. The lowest BCUT2D eigenvalue weighted by Gasteiger charge is -2.35. The second kappa shape index (κ2) is 5.59. The van der Waals surface area contributed by atoms with E-state index in [1.54, 1.807) is 12.1 Å². The second-order valence-electron chi connectivity index (χ2n) is 4.14. The summed E-state index contributed by atoms with van der Waals surface area (Å²) < 4.78 is 45.5. The van der Waals surface area contributed by atoms with Gasteiger partial charge >= 0.3 is 6.18 Å². The van der Waals surface area contributed by atoms with Crippen molar-refractivity contribution >= 4 is 15.9 Å². The highest BCUT2D eigenvalue weighted by atomic mass is 79.9. The van der Waals surface area contributed by atoms with Crippen LogP contribution >= 0.6 is 15.9 Å². The molecule has 6 heteroatoms. The van der Waals surface area contributed by atoms with Crippen molar-refractivity contribution in [2.24, 2.45) is 0 Å². The number of benzene rings is 1. The number of hydrogen-bond donors (Lipinski definition) is 0. The summed E-state index contributed by atoms with van der Waals surface area (Å²) in [6.07, 6.45) is -4.27. The van der Waals surface area contributed by atoms with Crippen LogP contribution in [0.3, 0.4) is 0 Å². The molecule has 0 spiro atoms. The lowest BCUT2D eigenvalue weighted by Crippen LogP contribution is -2.44. The van der Waals surface area contributed by atoms with E-state index in [1.807, 2.05) is 0 Å². The molecule has 0 amide bonds. The molecule has 1 saturated heterocycles. The topological polar surface area (TPSA) is 12.5 Å². The third-order valence-electron chi connectivity index (χ3n) is 2.91. The Hall–Kier alpha value is -0.590. The first-order chi connectivity index (χ1) is 8.48. The zero-order chi connectivity index (χ0) is 13.2. The Labute approximate surface area is 112 Å². The van der Waals surface area contributed by atoms with Gasteiger partial charge in [-0.1, -0.05) is 28.1 Å². The molecule has 0 bridgehead atoms. The smallest absolute Gasteiger partial charge is 0.379 e. The molecule has 1 heterocycles. The van der Waals surface area contributed by atoms with Crippen molar-refractivity contribution in [3.05, 3.63) is 34.3 Å². The standard InChI is InChI=1S/C12H13BrF3NO/c13-10-3-1-9(2-4-10)11(12(14,15)16)17-5-7-18-8-6-17/h1-4,11H,5-8H2. The second-order valence-corrected chi connectivity index (χ2v) is 5.06. The van der Waals surface area contributed by atoms with Crippen LogP contribution in [-0.2, 0) is 4.74 Å². The number of ether oxygens (including phenoxy) is 1. The highest BCUT2D eigenvalue weighted by Crippen LogP contribution is 2.38. The van der Waals surface area contributed by atoms with Gasteiger partial charge in [-0.05, 0) is 17.7 Å². The molecular weight excluding hydrogens is 311 g/mol. The zero-order valence-corrected chi connectivity index (χ0v) is 11.2. The number of halogens is 4. The zero-order valence-electron chi connectivity index (χ0n) is 9.58. The number of alkyl halides is 3. The first-order valence-electron chi connectivity index (χ1n) is 5.62. The van der Waals surface area contributed by atoms with Crippen LogP contribution in [0.1, 0.15) is 11.6 Å². The van der Waals surface area contributed by atoms with Crippen LogP contribution in [0.2, 0.25) is 0 Å². The summed E-state index contributed by atoms with van der Waals surface area (Å²) in [5, 5.41) is 0. The molecule has 2 rings (SSSR count). The Morgan fingerprint density at radius 2 is 1.67 bits per heavy atom. The normalized spacial score (nSPS) is 19.8. The van der Waals surface area contributed by atoms with Gasteiger partial charge in [-0.25, -0.2) is 0 Å². The van der Waals surface area contributed by atoms with E-state index < -0.39 is 12.2 Å². The van der Waals surface area contributed by atoms with Crippen LogP contribution in [-0.4, -0.2) is 37.4 Å². The summed E-state index contributed by atoms with van der Waals surface area (Å²) in [7, 11) is 0. The van der Waals surface area contributed by atoms with Gasteiger partial charge in [0.2, 0.25) is 0 Å². The van der Waals surface area contributed by atoms with Crippen molar-refractivity contribution < 1.29 is 17.9 Å². The Kier molecular flexibility index (Phi) is 4.29. The average Bonchev–Trinajstić information content (AvgIpc) is 2.32. The lowest BCUT2D eigenvalue weighted by atomic mass is 10.0. The highest BCUT2D eigenvalue weighted by Gasteiger charge is 2.44. The fraction of sp³-hybridized carbons (Fsp3) is 0.500. The van der Waals surface area contributed by atoms with Crippen molar-refractivity contribution in [3.8, 4) is 0 Å². The summed E-state index contributed by atoms with van der Waals surface area (Å²) in [5.74, 6) is 0. The van der Waals surface area contributed by atoms with Crippen LogP contribution in [0.15, 0.2) is 28.7 Å². The van der Waals surface area contributed by atoms with Gasteiger partial charge in [0, 0.05) is 17.6 Å². The third-order valence-corrected chi connectivity index (χ3v) is 3.44. The molecule has 0 N–H and O–H groups in total. The first-order valence-corrected chi connectivity index (χ1v) is 6.42. The SMILES string of the molecule is FC(F)(F)C(c1ccc(Br)cc1)N1CCOCC1. The van der Waals surface area contributed by atoms with Crippen molar-refractivity contribution in [2.45, 2.75) is 12.2 Å². The maximum atomic E-state index is 13.2. The Morgan fingerprint density at radius 1 is 1.11 bits per heavy atom. The molecule has 1 fully saturated rings. The fourth-order valence-electron chi connectivity index (χ4n) is 2.09. The van der Waals surface area contributed by atoms with Gasteiger partial charge < -0.3 is 4.74 Å². The van der Waals surface area contributed by atoms with E-state index in [2.05, 4.69) is 15.9 Å². The predicted molar refractivity (Wildman–Crippen MR) is 65.3 cm³/mol. The minimum absolute atomic E-state index is 0.271. The Bertz CT molecular complexity index is 387. The molecule has 0 aromatic heterocycles. The number of rotatable bonds is 2. The molecule has 2 nitrogen and oxygen atoms in total. The van der Waals surface area contributed by atoms with Crippen LogP contribution in [0.4, 0.5) is 13.2 Å². The molecule has 0 saturated carbocycles. The number of hydrogen-bond acceptors (Lipinski definition) is 2. The van der Waals surface area contributed by atoms with E-state index in [4.69, 9.17) is 4.74 Å². The Balaban J connectivity index is 2.27. The van der Waals surface area contributed by atoms with Crippen molar-refractivity contribution in [2.75, 3.05) is 26.3 Å². The fourth-order valence-corrected chi connectivity index (χ4v) is 2.35. The van der Waals surface area contributed by atoms with Gasteiger partial charge in [0.25, 0.3) is 0 Å². The molecule has 1 aromatic carbocycles. The van der Waals surface area contributed by atoms with Crippen LogP contribution < -0.4 is 0 Å².